The predicted molar refractivity (Wildman–Crippen MR) is 117 cm³/mol. The van der Waals surface area contributed by atoms with Crippen molar-refractivity contribution in [1.29, 1.82) is 0 Å². The Kier molecular flexibility index (Phi) is 5.38. The van der Waals surface area contributed by atoms with Gasteiger partial charge in [0, 0.05) is 43.1 Å². The molecule has 4 rings (SSSR count). The number of piperazine rings is 1. The van der Waals surface area contributed by atoms with Crippen LogP contribution in [-0.4, -0.2) is 46.8 Å². The summed E-state index contributed by atoms with van der Waals surface area (Å²) in [6.45, 7) is 9.45. The number of rotatable bonds is 4. The minimum atomic E-state index is 0.188. The summed E-state index contributed by atoms with van der Waals surface area (Å²) in [5, 5.41) is 4.68. The number of benzene rings is 2. The third-order valence-corrected chi connectivity index (χ3v) is 5.86. The third kappa shape index (κ3) is 3.90. The Balaban J connectivity index is 1.43. The molecule has 2 heterocycles. The zero-order valence-corrected chi connectivity index (χ0v) is 17.4. The maximum absolute atomic E-state index is 13.0. The Morgan fingerprint density at radius 2 is 1.55 bits per heavy atom. The summed E-state index contributed by atoms with van der Waals surface area (Å²) in [7, 11) is 0. The van der Waals surface area contributed by atoms with E-state index < -0.39 is 0 Å². The van der Waals surface area contributed by atoms with Gasteiger partial charge in [0.1, 0.15) is 0 Å². The van der Waals surface area contributed by atoms with Gasteiger partial charge in [-0.15, -0.1) is 0 Å². The van der Waals surface area contributed by atoms with Gasteiger partial charge in [-0.1, -0.05) is 36.4 Å². The molecule has 5 nitrogen and oxygen atoms in total. The Labute approximate surface area is 172 Å². The van der Waals surface area contributed by atoms with E-state index in [4.69, 9.17) is 0 Å². The highest BCUT2D eigenvalue weighted by Gasteiger charge is 2.24. The zero-order valence-electron chi connectivity index (χ0n) is 17.4. The van der Waals surface area contributed by atoms with E-state index in [0.717, 1.165) is 48.8 Å². The van der Waals surface area contributed by atoms with Crippen LogP contribution in [0.15, 0.2) is 54.6 Å². The number of anilines is 1. The summed E-state index contributed by atoms with van der Waals surface area (Å²) in [6.07, 6.45) is 0.412. The van der Waals surface area contributed by atoms with E-state index in [2.05, 4.69) is 41.2 Å². The molecular weight excluding hydrogens is 360 g/mol. The van der Waals surface area contributed by atoms with Gasteiger partial charge in [0.05, 0.1) is 17.8 Å². The van der Waals surface area contributed by atoms with Crippen LogP contribution < -0.4 is 4.90 Å². The normalized spacial score (nSPS) is 14.3. The molecule has 1 amide bonds. The standard InChI is InChI=1S/C24H28N4O/c1-18-9-7-8-12-23(18)26-13-15-27(16-14-26)24(29)17-22-19(2)25-28(20(22)3)21-10-5-4-6-11-21/h4-12H,13-17H2,1-3H3. The van der Waals surface area contributed by atoms with Crippen LogP contribution in [0.3, 0.4) is 0 Å². The van der Waals surface area contributed by atoms with Crippen LogP contribution >= 0.6 is 0 Å². The zero-order chi connectivity index (χ0) is 20.4. The fourth-order valence-electron chi connectivity index (χ4n) is 4.13. The van der Waals surface area contributed by atoms with Gasteiger partial charge in [0.25, 0.3) is 0 Å². The van der Waals surface area contributed by atoms with Gasteiger partial charge in [-0.25, -0.2) is 4.68 Å². The molecule has 1 fully saturated rings. The van der Waals surface area contributed by atoms with Crippen molar-refractivity contribution in [2.75, 3.05) is 31.1 Å². The van der Waals surface area contributed by atoms with Crippen LogP contribution in [0.5, 0.6) is 0 Å². The molecule has 0 N–H and O–H groups in total. The molecule has 1 aliphatic heterocycles. The van der Waals surface area contributed by atoms with Crippen molar-refractivity contribution in [2.24, 2.45) is 0 Å². The maximum atomic E-state index is 13.0. The lowest BCUT2D eigenvalue weighted by Crippen LogP contribution is -2.49. The first-order chi connectivity index (χ1) is 14.0. The van der Waals surface area contributed by atoms with E-state index in [9.17, 15) is 4.79 Å². The van der Waals surface area contributed by atoms with Crippen molar-refractivity contribution < 1.29 is 4.79 Å². The van der Waals surface area contributed by atoms with E-state index in [-0.39, 0.29) is 5.91 Å². The first-order valence-corrected chi connectivity index (χ1v) is 10.2. The van der Waals surface area contributed by atoms with Crippen molar-refractivity contribution >= 4 is 11.6 Å². The Hall–Kier alpha value is -3.08. The Morgan fingerprint density at radius 3 is 2.24 bits per heavy atom. The molecule has 1 saturated heterocycles. The summed E-state index contributed by atoms with van der Waals surface area (Å²) < 4.78 is 1.94. The first kappa shape index (κ1) is 19.2. The number of aromatic nitrogens is 2. The maximum Gasteiger partial charge on any atom is 0.227 e. The molecule has 150 valence electrons. The molecule has 1 aliphatic rings. The van der Waals surface area contributed by atoms with Gasteiger partial charge in [-0.3, -0.25) is 4.79 Å². The van der Waals surface area contributed by atoms with Crippen LogP contribution in [0.1, 0.15) is 22.5 Å². The first-order valence-electron chi connectivity index (χ1n) is 10.2. The summed E-state index contributed by atoms with van der Waals surface area (Å²) >= 11 is 0. The van der Waals surface area contributed by atoms with Gasteiger partial charge < -0.3 is 9.80 Å². The number of nitrogens with zero attached hydrogens (tertiary/aromatic N) is 4. The van der Waals surface area contributed by atoms with E-state index in [1.807, 2.05) is 53.8 Å². The van der Waals surface area contributed by atoms with E-state index in [1.54, 1.807) is 0 Å². The van der Waals surface area contributed by atoms with Crippen LogP contribution in [0.4, 0.5) is 5.69 Å². The molecule has 0 atom stereocenters. The van der Waals surface area contributed by atoms with Gasteiger partial charge in [0.15, 0.2) is 0 Å². The van der Waals surface area contributed by atoms with E-state index in [1.165, 1.54) is 11.3 Å². The van der Waals surface area contributed by atoms with Gasteiger partial charge in [-0.2, -0.15) is 5.10 Å². The fourth-order valence-corrected chi connectivity index (χ4v) is 4.13. The van der Waals surface area contributed by atoms with E-state index >= 15 is 0 Å². The summed E-state index contributed by atoms with van der Waals surface area (Å²) in [4.78, 5) is 17.4. The lowest BCUT2D eigenvalue weighted by molar-refractivity contribution is -0.130. The topological polar surface area (TPSA) is 41.4 Å². The minimum absolute atomic E-state index is 0.188. The Bertz CT molecular complexity index is 1000. The monoisotopic (exact) mass is 388 g/mol. The van der Waals surface area contributed by atoms with E-state index in [0.29, 0.717) is 6.42 Å². The second-order valence-electron chi connectivity index (χ2n) is 7.73. The van der Waals surface area contributed by atoms with Crippen LogP contribution in [-0.2, 0) is 11.2 Å². The lowest BCUT2D eigenvalue weighted by Gasteiger charge is -2.37. The highest BCUT2D eigenvalue weighted by Crippen LogP contribution is 2.22. The molecule has 1 aromatic heterocycles. The second-order valence-corrected chi connectivity index (χ2v) is 7.73. The average molecular weight is 389 g/mol. The highest BCUT2D eigenvalue weighted by atomic mass is 16.2. The molecule has 0 unspecified atom stereocenters. The number of hydrogen-bond donors (Lipinski definition) is 0. The quantitative estimate of drug-likeness (QED) is 0.685. The molecule has 2 aromatic carbocycles. The number of para-hydroxylation sites is 2. The molecule has 5 heteroatoms. The smallest absolute Gasteiger partial charge is 0.227 e. The number of carbonyl (C=O) groups is 1. The molecule has 0 bridgehead atoms. The van der Waals surface area contributed by atoms with Gasteiger partial charge >= 0.3 is 0 Å². The summed E-state index contributed by atoms with van der Waals surface area (Å²) in [5.41, 5.74) is 6.60. The molecule has 0 spiro atoms. The Morgan fingerprint density at radius 1 is 0.897 bits per heavy atom. The van der Waals surface area contributed by atoms with Crippen LogP contribution in [0.25, 0.3) is 5.69 Å². The molecular formula is C24H28N4O. The third-order valence-electron chi connectivity index (χ3n) is 5.86. The minimum Gasteiger partial charge on any atom is -0.368 e. The summed E-state index contributed by atoms with van der Waals surface area (Å²) in [5.74, 6) is 0.188. The fraction of sp³-hybridized carbons (Fsp3) is 0.333. The molecule has 0 aliphatic carbocycles. The van der Waals surface area contributed by atoms with Crippen molar-refractivity contribution in [3.63, 3.8) is 0 Å². The van der Waals surface area contributed by atoms with Crippen molar-refractivity contribution in [2.45, 2.75) is 27.2 Å². The molecule has 0 radical (unpaired) electrons. The number of carbonyl (C=O) groups excluding carboxylic acids is 1. The SMILES string of the molecule is Cc1ccccc1N1CCN(C(=O)Cc2c(C)nn(-c3ccccc3)c2C)CC1. The largest absolute Gasteiger partial charge is 0.368 e. The molecule has 29 heavy (non-hydrogen) atoms. The van der Waals surface area contributed by atoms with Crippen molar-refractivity contribution in [3.05, 3.63) is 77.1 Å². The average Bonchev–Trinajstić information content (AvgIpc) is 3.03. The van der Waals surface area contributed by atoms with Crippen molar-refractivity contribution in [1.82, 2.24) is 14.7 Å². The number of aryl methyl sites for hydroxylation is 2. The molecule has 3 aromatic rings. The van der Waals surface area contributed by atoms with Crippen molar-refractivity contribution in [3.8, 4) is 5.69 Å². The van der Waals surface area contributed by atoms with Crippen LogP contribution in [0, 0.1) is 20.8 Å². The van der Waals surface area contributed by atoms with Gasteiger partial charge in [-0.05, 0) is 44.5 Å². The van der Waals surface area contributed by atoms with Gasteiger partial charge in [0.2, 0.25) is 5.91 Å². The summed E-state index contributed by atoms with van der Waals surface area (Å²) in [6, 6.07) is 18.5. The number of hydrogen-bond acceptors (Lipinski definition) is 3. The second kappa shape index (κ2) is 8.11. The molecule has 0 saturated carbocycles. The lowest BCUT2D eigenvalue weighted by atomic mass is 10.1. The predicted octanol–water partition coefficient (Wildman–Crippen LogP) is 3.69. The number of amides is 1. The van der Waals surface area contributed by atoms with Crippen LogP contribution in [0.2, 0.25) is 0 Å². The highest BCUT2D eigenvalue weighted by molar-refractivity contribution is 5.79.